The minimum atomic E-state index is -0.418. The third-order valence-electron chi connectivity index (χ3n) is 3.05. The lowest BCUT2D eigenvalue weighted by molar-refractivity contribution is 0.102. The number of aromatic hydroxyl groups is 1. The van der Waals surface area contributed by atoms with Crippen molar-refractivity contribution in [2.24, 2.45) is 0 Å². The number of hydrogen-bond donors (Lipinski definition) is 2. The molecule has 0 saturated carbocycles. The lowest BCUT2D eigenvalue weighted by Crippen LogP contribution is -2.13. The maximum atomic E-state index is 12.2. The predicted octanol–water partition coefficient (Wildman–Crippen LogP) is 2.97. The van der Waals surface area contributed by atoms with E-state index < -0.39 is 5.91 Å². The molecule has 0 aliphatic rings. The second-order valence-corrected chi connectivity index (χ2v) is 4.54. The molecule has 0 radical (unpaired) electrons. The molecular formula is C16H17NO4. The Morgan fingerprint density at radius 2 is 1.86 bits per heavy atom. The lowest BCUT2D eigenvalue weighted by Gasteiger charge is -2.12. The largest absolute Gasteiger partial charge is 0.507 e. The predicted molar refractivity (Wildman–Crippen MR) is 80.3 cm³/mol. The summed E-state index contributed by atoms with van der Waals surface area (Å²) in [5, 5.41) is 12.6. The Balaban J connectivity index is 2.28. The number of phenolic OH excluding ortho intramolecular Hbond substituents is 1. The minimum absolute atomic E-state index is 0.140. The van der Waals surface area contributed by atoms with Crippen LogP contribution in [0.25, 0.3) is 0 Å². The first-order valence-electron chi connectivity index (χ1n) is 6.38. The molecular weight excluding hydrogens is 270 g/mol. The van der Waals surface area contributed by atoms with Gasteiger partial charge in [-0.1, -0.05) is 6.07 Å². The van der Waals surface area contributed by atoms with Crippen LogP contribution in [0, 0.1) is 6.92 Å². The normalized spacial score (nSPS) is 10.0. The molecule has 0 heterocycles. The molecule has 0 bridgehead atoms. The van der Waals surface area contributed by atoms with Crippen LogP contribution in [0.5, 0.6) is 17.2 Å². The van der Waals surface area contributed by atoms with E-state index in [0.29, 0.717) is 17.2 Å². The Bertz CT molecular complexity index is 667. The highest BCUT2D eigenvalue weighted by Gasteiger charge is 2.14. The molecule has 2 N–H and O–H groups in total. The van der Waals surface area contributed by atoms with Gasteiger partial charge in [0.15, 0.2) is 0 Å². The van der Waals surface area contributed by atoms with Gasteiger partial charge in [0.1, 0.15) is 17.2 Å². The summed E-state index contributed by atoms with van der Waals surface area (Å²) in [4.78, 5) is 12.2. The fourth-order valence-electron chi connectivity index (χ4n) is 1.94. The number of carbonyl (C=O) groups excluding carboxylic acids is 1. The van der Waals surface area contributed by atoms with Crippen molar-refractivity contribution in [2.45, 2.75) is 6.92 Å². The molecule has 5 heteroatoms. The number of anilines is 1. The van der Waals surface area contributed by atoms with Crippen LogP contribution in [-0.2, 0) is 0 Å². The Morgan fingerprint density at radius 1 is 1.10 bits per heavy atom. The van der Waals surface area contributed by atoms with Crippen LogP contribution in [0.3, 0.4) is 0 Å². The summed E-state index contributed by atoms with van der Waals surface area (Å²) in [7, 11) is 3.03. The average Bonchev–Trinajstić information content (AvgIpc) is 2.47. The number of amides is 1. The molecule has 110 valence electrons. The number of hydrogen-bond acceptors (Lipinski definition) is 4. The van der Waals surface area contributed by atoms with E-state index in [1.807, 2.05) is 13.0 Å². The van der Waals surface area contributed by atoms with Gasteiger partial charge in [-0.15, -0.1) is 0 Å². The first-order valence-corrected chi connectivity index (χ1v) is 6.38. The molecule has 0 aromatic heterocycles. The van der Waals surface area contributed by atoms with Gasteiger partial charge < -0.3 is 19.9 Å². The molecule has 21 heavy (non-hydrogen) atoms. The third-order valence-corrected chi connectivity index (χ3v) is 3.05. The van der Waals surface area contributed by atoms with Gasteiger partial charge in [0, 0.05) is 6.07 Å². The van der Waals surface area contributed by atoms with Gasteiger partial charge in [-0.05, 0) is 36.8 Å². The van der Waals surface area contributed by atoms with Crippen LogP contribution in [0.15, 0.2) is 36.4 Å². The maximum absolute atomic E-state index is 12.2. The van der Waals surface area contributed by atoms with E-state index in [4.69, 9.17) is 9.47 Å². The number of aryl methyl sites for hydroxylation is 1. The van der Waals surface area contributed by atoms with Crippen molar-refractivity contribution in [2.75, 3.05) is 19.5 Å². The first kappa shape index (κ1) is 14.7. The Hall–Kier alpha value is -2.69. The fourth-order valence-corrected chi connectivity index (χ4v) is 1.94. The van der Waals surface area contributed by atoms with Gasteiger partial charge in [0.2, 0.25) is 0 Å². The Labute approximate surface area is 123 Å². The molecule has 0 unspecified atom stereocenters. The molecule has 1 amide bonds. The van der Waals surface area contributed by atoms with Crippen molar-refractivity contribution in [3.05, 3.63) is 47.5 Å². The van der Waals surface area contributed by atoms with Crippen LogP contribution in [0.2, 0.25) is 0 Å². The van der Waals surface area contributed by atoms with E-state index in [9.17, 15) is 9.90 Å². The molecule has 0 spiro atoms. The lowest BCUT2D eigenvalue weighted by atomic mass is 10.1. The quantitative estimate of drug-likeness (QED) is 0.907. The van der Waals surface area contributed by atoms with Gasteiger partial charge in [-0.25, -0.2) is 0 Å². The second-order valence-electron chi connectivity index (χ2n) is 4.54. The number of benzene rings is 2. The first-order chi connectivity index (χ1) is 10.0. The van der Waals surface area contributed by atoms with Crippen molar-refractivity contribution < 1.29 is 19.4 Å². The monoisotopic (exact) mass is 287 g/mol. The van der Waals surface area contributed by atoms with E-state index in [-0.39, 0.29) is 11.3 Å². The number of ether oxygens (including phenoxy) is 2. The molecule has 2 aromatic carbocycles. The molecule has 0 aliphatic heterocycles. The minimum Gasteiger partial charge on any atom is -0.507 e. The third kappa shape index (κ3) is 3.25. The van der Waals surface area contributed by atoms with Crippen molar-refractivity contribution in [1.82, 2.24) is 0 Å². The molecule has 0 saturated heterocycles. The number of phenols is 1. The summed E-state index contributed by atoms with van der Waals surface area (Å²) in [6.45, 7) is 1.92. The van der Waals surface area contributed by atoms with Crippen LogP contribution in [0.4, 0.5) is 5.69 Å². The summed E-state index contributed by atoms with van der Waals surface area (Å²) >= 11 is 0. The van der Waals surface area contributed by atoms with Crippen molar-refractivity contribution >= 4 is 11.6 Å². The summed E-state index contributed by atoms with van der Waals surface area (Å²) < 4.78 is 10.2. The smallest absolute Gasteiger partial charge is 0.259 e. The zero-order valence-corrected chi connectivity index (χ0v) is 12.1. The zero-order valence-electron chi connectivity index (χ0n) is 12.1. The Kier molecular flexibility index (Phi) is 4.33. The SMILES string of the molecule is COc1ccc(C(=O)Nc2cc(C)ccc2OC)c(O)c1. The van der Waals surface area contributed by atoms with Gasteiger partial charge in [-0.2, -0.15) is 0 Å². The van der Waals surface area contributed by atoms with Crippen molar-refractivity contribution in [3.63, 3.8) is 0 Å². The van der Waals surface area contributed by atoms with E-state index in [2.05, 4.69) is 5.32 Å². The van der Waals surface area contributed by atoms with E-state index >= 15 is 0 Å². The van der Waals surface area contributed by atoms with Crippen molar-refractivity contribution in [1.29, 1.82) is 0 Å². The summed E-state index contributed by atoms with van der Waals surface area (Å²) in [5.41, 5.74) is 1.71. The van der Waals surface area contributed by atoms with E-state index in [1.54, 1.807) is 18.2 Å². The second kappa shape index (κ2) is 6.17. The van der Waals surface area contributed by atoms with Crippen LogP contribution in [-0.4, -0.2) is 25.2 Å². The van der Waals surface area contributed by atoms with Gasteiger partial charge in [-0.3, -0.25) is 4.79 Å². The van der Waals surface area contributed by atoms with E-state index in [0.717, 1.165) is 5.56 Å². The highest BCUT2D eigenvalue weighted by Crippen LogP contribution is 2.28. The molecule has 0 aliphatic carbocycles. The molecule has 0 atom stereocenters. The van der Waals surface area contributed by atoms with Gasteiger partial charge in [0.05, 0.1) is 25.5 Å². The summed E-state index contributed by atoms with van der Waals surface area (Å²) in [5.74, 6) is 0.483. The molecule has 2 rings (SSSR count). The van der Waals surface area contributed by atoms with Crippen LogP contribution >= 0.6 is 0 Å². The van der Waals surface area contributed by atoms with Crippen molar-refractivity contribution in [3.8, 4) is 17.2 Å². The number of rotatable bonds is 4. The van der Waals surface area contributed by atoms with Gasteiger partial charge >= 0.3 is 0 Å². The van der Waals surface area contributed by atoms with E-state index in [1.165, 1.54) is 26.4 Å². The highest BCUT2D eigenvalue weighted by molar-refractivity contribution is 6.07. The number of methoxy groups -OCH3 is 2. The highest BCUT2D eigenvalue weighted by atomic mass is 16.5. The topological polar surface area (TPSA) is 67.8 Å². The Morgan fingerprint density at radius 3 is 2.48 bits per heavy atom. The summed E-state index contributed by atoms with van der Waals surface area (Å²) in [6.07, 6.45) is 0. The number of nitrogens with one attached hydrogen (secondary N) is 1. The van der Waals surface area contributed by atoms with Crippen LogP contribution < -0.4 is 14.8 Å². The molecule has 2 aromatic rings. The molecule has 0 fully saturated rings. The molecule has 5 nitrogen and oxygen atoms in total. The van der Waals surface area contributed by atoms with Crippen LogP contribution in [0.1, 0.15) is 15.9 Å². The zero-order chi connectivity index (χ0) is 15.4. The van der Waals surface area contributed by atoms with Gasteiger partial charge in [0.25, 0.3) is 5.91 Å². The summed E-state index contributed by atoms with van der Waals surface area (Å²) in [6, 6.07) is 9.98. The fraction of sp³-hybridized carbons (Fsp3) is 0.188. The average molecular weight is 287 g/mol. The maximum Gasteiger partial charge on any atom is 0.259 e. The number of carbonyl (C=O) groups is 1. The standard InChI is InChI=1S/C16H17NO4/c1-10-4-7-15(21-3)13(8-10)17-16(19)12-6-5-11(20-2)9-14(12)18/h4-9,18H,1-3H3,(H,17,19).